The highest BCUT2D eigenvalue weighted by atomic mass is 35.5. The van der Waals surface area contributed by atoms with E-state index in [-0.39, 0.29) is 46.9 Å². The number of likely N-dealkylation sites (N-methyl/N-ethyl adjacent to an activating group) is 1. The van der Waals surface area contributed by atoms with Gasteiger partial charge in [0.1, 0.15) is 11.6 Å². The number of sulfone groups is 1. The van der Waals surface area contributed by atoms with Gasteiger partial charge in [-0.3, -0.25) is 19.8 Å². The van der Waals surface area contributed by atoms with Crippen LogP contribution in [0.3, 0.4) is 0 Å². The molecule has 0 aliphatic carbocycles. The second kappa shape index (κ2) is 11.3. The molecule has 1 unspecified atom stereocenters. The Bertz CT molecular complexity index is 1320. The molecule has 0 aliphatic rings. The van der Waals surface area contributed by atoms with E-state index in [0.29, 0.717) is 11.1 Å². The van der Waals surface area contributed by atoms with E-state index in [9.17, 15) is 22.8 Å². The third kappa shape index (κ3) is 6.86. The Morgan fingerprint density at radius 3 is 2.33 bits per heavy atom. The van der Waals surface area contributed by atoms with Gasteiger partial charge in [-0.25, -0.2) is 8.42 Å². The first-order chi connectivity index (χ1) is 16.7. The third-order valence-electron chi connectivity index (χ3n) is 5.21. The van der Waals surface area contributed by atoms with Gasteiger partial charge in [-0.2, -0.15) is 0 Å². The fourth-order valence-corrected chi connectivity index (χ4v) is 3.80. The summed E-state index contributed by atoms with van der Waals surface area (Å²) in [5.74, 6) is -2.05. The maximum atomic E-state index is 12.9. The second-order valence-electron chi connectivity index (χ2n) is 7.90. The highest BCUT2D eigenvalue weighted by Gasteiger charge is 2.42. The van der Waals surface area contributed by atoms with Crippen LogP contribution in [-0.2, 0) is 26.0 Å². The molecule has 14 heteroatoms. The molecule has 0 bridgehead atoms. The van der Waals surface area contributed by atoms with Crippen LogP contribution in [-0.4, -0.2) is 56.8 Å². The van der Waals surface area contributed by atoms with Gasteiger partial charge in [0.15, 0.2) is 16.4 Å². The number of carbonyl (C=O) groups excluding carboxylic acids is 3. The molecule has 2 aromatic carbocycles. The molecule has 0 heterocycles. The third-order valence-corrected chi connectivity index (χ3v) is 7.21. The van der Waals surface area contributed by atoms with E-state index in [0.717, 1.165) is 13.2 Å². The van der Waals surface area contributed by atoms with Gasteiger partial charge in [0, 0.05) is 47.2 Å². The summed E-state index contributed by atoms with van der Waals surface area (Å²) in [4.78, 5) is 34.1. The highest BCUT2D eigenvalue weighted by molar-refractivity contribution is 7.93. The molecule has 0 aromatic heterocycles. The minimum absolute atomic E-state index is 0.0300. The first-order valence-corrected chi connectivity index (χ1v) is 12.6. The van der Waals surface area contributed by atoms with Crippen molar-refractivity contribution >= 4 is 50.7 Å². The van der Waals surface area contributed by atoms with Crippen molar-refractivity contribution in [2.24, 2.45) is 11.5 Å². The smallest absolute Gasteiger partial charge is 0.258 e. The molecule has 3 amide bonds. The molecule has 36 heavy (non-hydrogen) atoms. The summed E-state index contributed by atoms with van der Waals surface area (Å²) in [6, 6.07) is 8.64. The molecule has 0 saturated carbocycles. The van der Waals surface area contributed by atoms with Gasteiger partial charge in [-0.05, 0) is 31.2 Å². The number of hydrogen-bond donors (Lipinski definition) is 6. The lowest BCUT2D eigenvalue weighted by Gasteiger charge is -2.26. The zero-order chi connectivity index (χ0) is 27.3. The first kappa shape index (κ1) is 28.4. The van der Waals surface area contributed by atoms with Gasteiger partial charge in [-0.15, -0.1) is 0 Å². The molecular weight excluding hydrogens is 512 g/mol. The van der Waals surface area contributed by atoms with Crippen LogP contribution in [0, 0.1) is 5.41 Å². The van der Waals surface area contributed by atoms with Gasteiger partial charge >= 0.3 is 0 Å². The van der Waals surface area contributed by atoms with Crippen molar-refractivity contribution in [1.29, 1.82) is 5.41 Å². The number of nitrogens with one attached hydrogen (secondary N) is 4. The van der Waals surface area contributed by atoms with Crippen molar-refractivity contribution in [1.82, 2.24) is 10.6 Å². The molecule has 12 nitrogen and oxygen atoms in total. The van der Waals surface area contributed by atoms with Crippen LogP contribution in [0.15, 0.2) is 36.4 Å². The van der Waals surface area contributed by atoms with Crippen LogP contribution >= 0.6 is 11.6 Å². The molecule has 1 atom stereocenters. The number of amidine groups is 1. The van der Waals surface area contributed by atoms with Gasteiger partial charge in [0.25, 0.3) is 17.7 Å². The van der Waals surface area contributed by atoms with Crippen molar-refractivity contribution in [2.45, 2.75) is 18.3 Å². The van der Waals surface area contributed by atoms with E-state index in [2.05, 4.69) is 16.0 Å². The molecule has 0 spiro atoms. The number of rotatable bonds is 11. The van der Waals surface area contributed by atoms with Gasteiger partial charge in [0.2, 0.25) is 4.87 Å². The van der Waals surface area contributed by atoms with Crippen LogP contribution in [0.1, 0.15) is 28.4 Å². The predicted molar refractivity (Wildman–Crippen MR) is 136 cm³/mol. The summed E-state index contributed by atoms with van der Waals surface area (Å²) in [7, 11) is -2.52. The van der Waals surface area contributed by atoms with Crippen LogP contribution in [0.4, 0.5) is 5.69 Å². The number of nitrogens with two attached hydrogens (primary N) is 2. The lowest BCUT2D eigenvalue weighted by Crippen LogP contribution is -2.53. The maximum Gasteiger partial charge on any atom is 0.258 e. The van der Waals surface area contributed by atoms with Crippen LogP contribution in [0.2, 0.25) is 5.02 Å². The molecule has 0 radical (unpaired) electrons. The molecule has 194 valence electrons. The number of ether oxygens (including phenoxy) is 1. The first-order valence-electron chi connectivity index (χ1n) is 10.3. The Morgan fingerprint density at radius 2 is 1.78 bits per heavy atom. The number of carbonyl (C=O) groups is 3. The van der Waals surface area contributed by atoms with Crippen LogP contribution in [0.25, 0.3) is 0 Å². The quantitative estimate of drug-likeness (QED) is 0.173. The van der Waals surface area contributed by atoms with Crippen molar-refractivity contribution in [2.75, 3.05) is 25.2 Å². The van der Waals surface area contributed by atoms with E-state index >= 15 is 0 Å². The minimum atomic E-state index is -3.98. The standard InChI is InChI=1S/C22H27ClN6O6S/c1-22(21(26)32,36(3,33)34)29-16-7-14(6-15(23)9-16)20(31)28-10-13-5-4-12(19(24)25)8-17(13)35-11-18(30)27-2/h4-9,29H,10-11H2,1-3H3,(H3,24,25)(H2,26,32)(H,27,30)(H,28,31). The minimum Gasteiger partial charge on any atom is -0.483 e. The Balaban J connectivity index is 2.28. The average Bonchev–Trinajstić information content (AvgIpc) is 2.79. The normalized spacial score (nSPS) is 12.7. The number of benzene rings is 2. The summed E-state index contributed by atoms with van der Waals surface area (Å²) in [5.41, 5.74) is 11.8. The Morgan fingerprint density at radius 1 is 1.11 bits per heavy atom. The summed E-state index contributed by atoms with van der Waals surface area (Å²) in [6.07, 6.45) is 0.851. The number of halogens is 1. The zero-order valence-corrected chi connectivity index (χ0v) is 21.3. The van der Waals surface area contributed by atoms with Crippen molar-refractivity contribution in [3.63, 3.8) is 0 Å². The summed E-state index contributed by atoms with van der Waals surface area (Å²) in [6.45, 7) is 0.787. The number of hydrogen-bond acceptors (Lipinski definition) is 8. The molecule has 0 aliphatic heterocycles. The van der Waals surface area contributed by atoms with Crippen LogP contribution in [0.5, 0.6) is 5.75 Å². The fraction of sp³-hybridized carbons (Fsp3) is 0.273. The lowest BCUT2D eigenvalue weighted by molar-refractivity contribution is -0.122. The molecule has 8 N–H and O–H groups in total. The molecule has 0 fully saturated rings. The molecule has 0 saturated heterocycles. The Kier molecular flexibility index (Phi) is 8.89. The highest BCUT2D eigenvalue weighted by Crippen LogP contribution is 2.25. The lowest BCUT2D eigenvalue weighted by atomic mass is 10.1. The number of nitrogen functional groups attached to an aromatic ring is 1. The van der Waals surface area contributed by atoms with E-state index in [1.807, 2.05) is 0 Å². The Labute approximate surface area is 213 Å². The second-order valence-corrected chi connectivity index (χ2v) is 10.7. The summed E-state index contributed by atoms with van der Waals surface area (Å²) >= 11 is 6.12. The van der Waals surface area contributed by atoms with Crippen molar-refractivity contribution < 1.29 is 27.5 Å². The molecule has 2 rings (SSSR count). The summed E-state index contributed by atoms with van der Waals surface area (Å²) in [5, 5.41) is 15.3. The van der Waals surface area contributed by atoms with Crippen molar-refractivity contribution in [3.05, 3.63) is 58.1 Å². The van der Waals surface area contributed by atoms with E-state index < -0.39 is 26.5 Å². The van der Waals surface area contributed by atoms with Gasteiger partial charge < -0.3 is 32.2 Å². The summed E-state index contributed by atoms with van der Waals surface area (Å²) < 4.78 is 29.8. The SMILES string of the molecule is CNC(=O)COc1cc(C(=N)N)ccc1CNC(=O)c1cc(Cl)cc(NC(C)(C(N)=O)S(C)(=O)=O)c1. The van der Waals surface area contributed by atoms with Crippen LogP contribution < -0.4 is 32.2 Å². The Hall–Kier alpha value is -3.84. The predicted octanol–water partition coefficient (Wildman–Crippen LogP) is 0.337. The maximum absolute atomic E-state index is 12.9. The van der Waals surface area contributed by atoms with Gasteiger partial charge in [0.05, 0.1) is 0 Å². The largest absolute Gasteiger partial charge is 0.483 e. The molecular formula is C22H27ClN6O6S. The van der Waals surface area contributed by atoms with Gasteiger partial charge in [-0.1, -0.05) is 23.7 Å². The van der Waals surface area contributed by atoms with Crippen molar-refractivity contribution in [3.8, 4) is 5.75 Å². The fourth-order valence-electron chi connectivity index (χ4n) is 2.90. The number of primary amides is 1. The van der Waals surface area contributed by atoms with E-state index in [1.54, 1.807) is 12.1 Å². The zero-order valence-electron chi connectivity index (χ0n) is 19.8. The topological polar surface area (TPSA) is 207 Å². The van der Waals surface area contributed by atoms with E-state index in [4.69, 9.17) is 33.2 Å². The average molecular weight is 539 g/mol. The monoisotopic (exact) mass is 538 g/mol. The van der Waals surface area contributed by atoms with E-state index in [1.165, 1.54) is 31.3 Å². The number of amides is 3. The molecule has 2 aromatic rings. The number of anilines is 1.